The molecular formula is C18H15Cl2N3. The normalized spacial score (nSPS) is 10.5. The Morgan fingerprint density at radius 3 is 2.48 bits per heavy atom. The fraction of sp³-hybridized carbons (Fsp3) is 0.0556. The van der Waals surface area contributed by atoms with Gasteiger partial charge in [0.2, 0.25) is 0 Å². The van der Waals surface area contributed by atoms with Crippen LogP contribution in [0.15, 0.2) is 60.9 Å². The molecule has 0 fully saturated rings. The van der Waals surface area contributed by atoms with Gasteiger partial charge in [-0.3, -0.25) is 4.98 Å². The third-order valence-corrected chi connectivity index (χ3v) is 4.15. The molecule has 5 heteroatoms. The van der Waals surface area contributed by atoms with Crippen LogP contribution in [0.3, 0.4) is 0 Å². The molecule has 2 aromatic carbocycles. The fourth-order valence-corrected chi connectivity index (χ4v) is 2.68. The Morgan fingerprint density at radius 2 is 1.70 bits per heavy atom. The second-order valence-corrected chi connectivity index (χ2v) is 5.97. The topological polar surface area (TPSA) is 50.9 Å². The monoisotopic (exact) mass is 343 g/mol. The molecule has 0 saturated carbocycles. The van der Waals surface area contributed by atoms with Crippen LogP contribution in [0.5, 0.6) is 0 Å². The summed E-state index contributed by atoms with van der Waals surface area (Å²) in [5, 5.41) is 4.65. The van der Waals surface area contributed by atoms with E-state index >= 15 is 0 Å². The van der Waals surface area contributed by atoms with Crippen LogP contribution in [0.25, 0.3) is 11.1 Å². The van der Waals surface area contributed by atoms with Gasteiger partial charge < -0.3 is 11.1 Å². The number of rotatable bonds is 4. The summed E-state index contributed by atoms with van der Waals surface area (Å²) in [5.74, 6) is 0. The van der Waals surface area contributed by atoms with E-state index in [1.165, 1.54) is 0 Å². The van der Waals surface area contributed by atoms with Gasteiger partial charge in [0.1, 0.15) is 0 Å². The van der Waals surface area contributed by atoms with Crippen molar-refractivity contribution >= 4 is 34.6 Å². The molecule has 1 heterocycles. The number of benzene rings is 2. The molecule has 0 atom stereocenters. The highest BCUT2D eigenvalue weighted by molar-refractivity contribution is 6.33. The Hall–Kier alpha value is -2.23. The van der Waals surface area contributed by atoms with Gasteiger partial charge in [0.15, 0.2) is 0 Å². The molecule has 0 spiro atoms. The third-order valence-electron chi connectivity index (χ3n) is 3.54. The van der Waals surface area contributed by atoms with Gasteiger partial charge in [0, 0.05) is 29.0 Å². The first-order chi connectivity index (χ1) is 11.1. The van der Waals surface area contributed by atoms with Crippen LogP contribution >= 0.6 is 23.2 Å². The van der Waals surface area contributed by atoms with Crippen LogP contribution in [-0.2, 0) is 6.54 Å². The smallest absolute Gasteiger partial charge is 0.0582 e. The highest BCUT2D eigenvalue weighted by Gasteiger charge is 2.06. The number of nitrogens with one attached hydrogen (secondary N) is 1. The maximum Gasteiger partial charge on any atom is 0.0582 e. The summed E-state index contributed by atoms with van der Waals surface area (Å²) in [5.41, 5.74) is 10.7. The summed E-state index contributed by atoms with van der Waals surface area (Å²) < 4.78 is 0. The lowest BCUT2D eigenvalue weighted by atomic mass is 10.1. The van der Waals surface area contributed by atoms with E-state index in [-0.39, 0.29) is 0 Å². The number of aromatic nitrogens is 1. The Labute approximate surface area is 145 Å². The standard InChI is InChI=1S/C18H15Cl2N3/c19-15-2-3-16(20)14(9-15)11-23-18-10-13(1-4-17(18)21)12-5-7-22-8-6-12/h1-10,23H,11,21H2. The van der Waals surface area contributed by atoms with Gasteiger partial charge >= 0.3 is 0 Å². The summed E-state index contributed by atoms with van der Waals surface area (Å²) in [6.07, 6.45) is 3.54. The van der Waals surface area contributed by atoms with Crippen molar-refractivity contribution in [2.75, 3.05) is 11.1 Å². The summed E-state index contributed by atoms with van der Waals surface area (Å²) in [4.78, 5) is 4.04. The molecule has 3 aromatic rings. The van der Waals surface area contributed by atoms with Gasteiger partial charge in [-0.2, -0.15) is 0 Å². The minimum atomic E-state index is 0.545. The van der Waals surface area contributed by atoms with Crippen LogP contribution in [0.4, 0.5) is 11.4 Å². The zero-order valence-corrected chi connectivity index (χ0v) is 13.8. The van der Waals surface area contributed by atoms with E-state index < -0.39 is 0 Å². The van der Waals surface area contributed by atoms with E-state index in [0.29, 0.717) is 22.3 Å². The lowest BCUT2D eigenvalue weighted by Gasteiger charge is -2.13. The number of anilines is 2. The Bertz CT molecular complexity index is 820. The molecule has 116 valence electrons. The van der Waals surface area contributed by atoms with Crippen molar-refractivity contribution in [3.05, 3.63) is 76.5 Å². The Morgan fingerprint density at radius 1 is 0.913 bits per heavy atom. The van der Waals surface area contributed by atoms with E-state index in [9.17, 15) is 0 Å². The van der Waals surface area contributed by atoms with Crippen molar-refractivity contribution < 1.29 is 0 Å². The van der Waals surface area contributed by atoms with E-state index in [2.05, 4.69) is 10.3 Å². The van der Waals surface area contributed by atoms with Crippen molar-refractivity contribution in [2.45, 2.75) is 6.54 Å². The lowest BCUT2D eigenvalue weighted by molar-refractivity contribution is 1.15. The zero-order valence-electron chi connectivity index (χ0n) is 12.3. The lowest BCUT2D eigenvalue weighted by Crippen LogP contribution is -2.03. The predicted molar refractivity (Wildman–Crippen MR) is 97.9 cm³/mol. The van der Waals surface area contributed by atoms with Crippen LogP contribution < -0.4 is 11.1 Å². The molecule has 3 N–H and O–H groups in total. The second-order valence-electron chi connectivity index (χ2n) is 5.13. The van der Waals surface area contributed by atoms with Crippen LogP contribution in [-0.4, -0.2) is 4.98 Å². The Kier molecular flexibility index (Phi) is 4.70. The highest BCUT2D eigenvalue weighted by atomic mass is 35.5. The molecule has 0 unspecified atom stereocenters. The molecule has 0 saturated heterocycles. The first-order valence-electron chi connectivity index (χ1n) is 7.11. The summed E-state index contributed by atoms with van der Waals surface area (Å²) in [7, 11) is 0. The van der Waals surface area contributed by atoms with Gasteiger partial charge in [-0.05, 0) is 59.2 Å². The number of halogens is 2. The first-order valence-corrected chi connectivity index (χ1v) is 7.87. The number of nitrogens with zero attached hydrogens (tertiary/aromatic N) is 1. The number of pyridine rings is 1. The van der Waals surface area contributed by atoms with Crippen molar-refractivity contribution in [3.63, 3.8) is 0 Å². The van der Waals surface area contributed by atoms with Crippen molar-refractivity contribution in [2.24, 2.45) is 0 Å². The van der Waals surface area contributed by atoms with Gasteiger partial charge in [-0.25, -0.2) is 0 Å². The zero-order chi connectivity index (χ0) is 16.2. The molecule has 0 bridgehead atoms. The van der Waals surface area contributed by atoms with Crippen LogP contribution in [0.2, 0.25) is 10.0 Å². The molecule has 1 aromatic heterocycles. The van der Waals surface area contributed by atoms with E-state index in [1.807, 2.05) is 36.4 Å². The van der Waals surface area contributed by atoms with E-state index in [1.54, 1.807) is 24.5 Å². The molecule has 0 amide bonds. The third kappa shape index (κ3) is 3.76. The van der Waals surface area contributed by atoms with E-state index in [4.69, 9.17) is 28.9 Å². The minimum absolute atomic E-state index is 0.545. The van der Waals surface area contributed by atoms with Crippen molar-refractivity contribution in [1.29, 1.82) is 0 Å². The van der Waals surface area contributed by atoms with Crippen LogP contribution in [0.1, 0.15) is 5.56 Å². The summed E-state index contributed by atoms with van der Waals surface area (Å²) >= 11 is 12.2. The summed E-state index contributed by atoms with van der Waals surface area (Å²) in [6, 6.07) is 15.2. The number of nitrogen functional groups attached to an aromatic ring is 1. The molecule has 3 rings (SSSR count). The minimum Gasteiger partial charge on any atom is -0.397 e. The highest BCUT2D eigenvalue weighted by Crippen LogP contribution is 2.28. The SMILES string of the molecule is Nc1ccc(-c2ccncc2)cc1NCc1cc(Cl)ccc1Cl. The predicted octanol–water partition coefficient (Wildman–Crippen LogP) is 5.25. The van der Waals surface area contributed by atoms with Crippen LogP contribution in [0, 0.1) is 0 Å². The van der Waals surface area contributed by atoms with Gasteiger partial charge in [-0.15, -0.1) is 0 Å². The summed E-state index contributed by atoms with van der Waals surface area (Å²) in [6.45, 7) is 0.545. The molecule has 0 aliphatic rings. The fourth-order valence-electron chi connectivity index (χ4n) is 2.30. The molecule has 0 aliphatic heterocycles. The number of hydrogen-bond donors (Lipinski definition) is 2. The maximum atomic E-state index is 6.19. The average molecular weight is 344 g/mol. The largest absolute Gasteiger partial charge is 0.397 e. The van der Waals surface area contributed by atoms with Gasteiger partial charge in [0.05, 0.1) is 11.4 Å². The van der Waals surface area contributed by atoms with E-state index in [0.717, 1.165) is 22.4 Å². The van der Waals surface area contributed by atoms with Crippen molar-refractivity contribution in [3.8, 4) is 11.1 Å². The first kappa shape index (κ1) is 15.7. The van der Waals surface area contributed by atoms with Gasteiger partial charge in [0.25, 0.3) is 0 Å². The maximum absolute atomic E-state index is 6.19. The number of nitrogens with two attached hydrogens (primary N) is 1. The van der Waals surface area contributed by atoms with Crippen molar-refractivity contribution in [1.82, 2.24) is 4.98 Å². The molecule has 3 nitrogen and oxygen atoms in total. The molecule has 0 radical (unpaired) electrons. The van der Waals surface area contributed by atoms with Gasteiger partial charge in [-0.1, -0.05) is 29.3 Å². The molecule has 23 heavy (non-hydrogen) atoms. The second kappa shape index (κ2) is 6.90. The Balaban J connectivity index is 1.84. The quantitative estimate of drug-likeness (QED) is 0.636. The molecule has 0 aliphatic carbocycles. The number of hydrogen-bond acceptors (Lipinski definition) is 3. The molecular weight excluding hydrogens is 329 g/mol. The average Bonchev–Trinajstić information content (AvgIpc) is 2.58.